The Morgan fingerprint density at radius 1 is 0.804 bits per heavy atom. The molecule has 7 nitrogen and oxygen atoms in total. The molecule has 238 valence electrons. The van der Waals surface area contributed by atoms with Crippen molar-refractivity contribution in [3.05, 3.63) is 126 Å². The molecule has 1 aliphatic rings. The zero-order valence-corrected chi connectivity index (χ0v) is 26.1. The number of hydrogen-bond acceptors (Lipinski definition) is 5. The molecule has 0 heterocycles. The van der Waals surface area contributed by atoms with Gasteiger partial charge in [0.05, 0.1) is 6.54 Å². The van der Waals surface area contributed by atoms with E-state index >= 15 is 0 Å². The average Bonchev–Trinajstić information content (AvgIpc) is 3.10. The van der Waals surface area contributed by atoms with E-state index < -0.39 is 12.0 Å². The molecule has 1 fully saturated rings. The number of anilines is 2. The highest BCUT2D eigenvalue weighted by atomic mass is 16.5. The second kappa shape index (κ2) is 16.4. The van der Waals surface area contributed by atoms with Crippen LogP contribution < -0.4 is 15.0 Å². The predicted octanol–water partition coefficient (Wildman–Crippen LogP) is 7.80. The third-order valence-electron chi connectivity index (χ3n) is 8.64. The maximum absolute atomic E-state index is 13.3. The Labute approximate surface area is 271 Å². The minimum Gasteiger partial charge on any atom is -0.492 e. The van der Waals surface area contributed by atoms with E-state index in [1.165, 1.54) is 32.1 Å². The Bertz CT molecular complexity index is 1570. The van der Waals surface area contributed by atoms with Crippen molar-refractivity contribution in [3.8, 4) is 5.75 Å². The van der Waals surface area contributed by atoms with Crippen molar-refractivity contribution in [2.24, 2.45) is 5.92 Å². The van der Waals surface area contributed by atoms with Crippen LogP contribution in [0, 0.1) is 5.92 Å². The largest absolute Gasteiger partial charge is 0.492 e. The van der Waals surface area contributed by atoms with Crippen LogP contribution in [0.25, 0.3) is 0 Å². The molecule has 2 N–H and O–H groups in total. The molecule has 0 aromatic heterocycles. The van der Waals surface area contributed by atoms with Crippen LogP contribution in [0.1, 0.15) is 66.4 Å². The van der Waals surface area contributed by atoms with Crippen molar-refractivity contribution < 1.29 is 24.2 Å². The number of nitrogens with zero attached hydrogens (tertiary/aromatic N) is 1. The van der Waals surface area contributed by atoms with Gasteiger partial charge in [0, 0.05) is 35.3 Å². The van der Waals surface area contributed by atoms with Crippen molar-refractivity contribution in [3.63, 3.8) is 0 Å². The van der Waals surface area contributed by atoms with Gasteiger partial charge in [-0.3, -0.25) is 9.59 Å². The van der Waals surface area contributed by atoms with Gasteiger partial charge in [-0.15, -0.1) is 0 Å². The van der Waals surface area contributed by atoms with E-state index in [1.54, 1.807) is 48.5 Å². The van der Waals surface area contributed by atoms with Crippen LogP contribution >= 0.6 is 0 Å². The standard InChI is InChI=1S/C39H42N2O5/c42-37(25-22-29-12-4-1-5-13-29)41(32-16-8-3-9-17-32)26-27-46-33-23-20-30(21-24-33)28-36(39(44)45)40-35-19-11-10-18-34(35)38(43)31-14-6-2-7-15-31/h2-3,6-11,14-21,23-24,29,36,40H,1,4-5,12-13,22,25-28H2,(H,44,45). The van der Waals surface area contributed by atoms with E-state index in [0.717, 1.165) is 17.7 Å². The van der Waals surface area contributed by atoms with Gasteiger partial charge < -0.3 is 20.1 Å². The molecule has 4 aromatic rings. The molecular formula is C39H42N2O5. The molecule has 1 amide bonds. The summed E-state index contributed by atoms with van der Waals surface area (Å²) in [6.07, 6.45) is 7.98. The fourth-order valence-electron chi connectivity index (χ4n) is 6.10. The van der Waals surface area contributed by atoms with E-state index in [-0.39, 0.29) is 18.1 Å². The Hall–Kier alpha value is -4.91. The highest BCUT2D eigenvalue weighted by molar-refractivity contribution is 6.12. The molecule has 0 aliphatic heterocycles. The zero-order valence-electron chi connectivity index (χ0n) is 26.1. The molecule has 0 spiro atoms. The Morgan fingerprint density at radius 2 is 1.46 bits per heavy atom. The van der Waals surface area contributed by atoms with Crippen LogP contribution in [0.4, 0.5) is 11.4 Å². The number of amides is 1. The highest BCUT2D eigenvalue weighted by Gasteiger charge is 2.22. The summed E-state index contributed by atoms with van der Waals surface area (Å²) in [6, 6.07) is 32.0. The molecule has 1 saturated carbocycles. The SMILES string of the molecule is O=C(c1ccccc1)c1ccccc1NC(Cc1ccc(OCCN(C(=O)CCC2CCCCC2)c2ccccc2)cc1)C(=O)O. The lowest BCUT2D eigenvalue weighted by atomic mass is 9.86. The van der Waals surface area contributed by atoms with Gasteiger partial charge >= 0.3 is 5.97 Å². The summed E-state index contributed by atoms with van der Waals surface area (Å²) in [5.74, 6) is 0.218. The Morgan fingerprint density at radius 3 is 2.15 bits per heavy atom. The summed E-state index contributed by atoms with van der Waals surface area (Å²) in [5, 5.41) is 13.1. The molecule has 1 aliphatic carbocycles. The summed E-state index contributed by atoms with van der Waals surface area (Å²) in [6.45, 7) is 0.760. The van der Waals surface area contributed by atoms with Gasteiger partial charge in [0.15, 0.2) is 5.78 Å². The second-order valence-electron chi connectivity index (χ2n) is 11.9. The van der Waals surface area contributed by atoms with Gasteiger partial charge in [0.2, 0.25) is 5.91 Å². The van der Waals surface area contributed by atoms with Crippen LogP contribution in [0.2, 0.25) is 0 Å². The van der Waals surface area contributed by atoms with E-state index in [9.17, 15) is 19.5 Å². The number of ketones is 1. The lowest BCUT2D eigenvalue weighted by molar-refractivity contribution is -0.137. The number of carboxylic acids is 1. The Kier molecular flexibility index (Phi) is 11.6. The zero-order chi connectivity index (χ0) is 32.1. The van der Waals surface area contributed by atoms with E-state index in [0.29, 0.717) is 48.1 Å². The number of rotatable bonds is 15. The summed E-state index contributed by atoms with van der Waals surface area (Å²) in [5.41, 5.74) is 3.10. The number of benzene rings is 4. The maximum atomic E-state index is 13.3. The van der Waals surface area contributed by atoms with Gasteiger partial charge in [-0.05, 0) is 54.3 Å². The lowest BCUT2D eigenvalue weighted by Gasteiger charge is -2.25. The smallest absolute Gasteiger partial charge is 0.326 e. The third kappa shape index (κ3) is 9.07. The first kappa shape index (κ1) is 32.5. The summed E-state index contributed by atoms with van der Waals surface area (Å²) >= 11 is 0. The number of para-hydroxylation sites is 2. The number of ether oxygens (including phenoxy) is 1. The predicted molar refractivity (Wildman–Crippen MR) is 182 cm³/mol. The fourth-order valence-corrected chi connectivity index (χ4v) is 6.10. The normalized spacial score (nSPS) is 13.8. The van der Waals surface area contributed by atoms with Crippen LogP contribution in [0.5, 0.6) is 5.75 Å². The molecule has 0 radical (unpaired) electrons. The number of carbonyl (C=O) groups excluding carboxylic acids is 2. The molecule has 7 heteroatoms. The molecule has 1 atom stereocenters. The van der Waals surface area contributed by atoms with Crippen LogP contribution in [-0.4, -0.2) is 42.0 Å². The molecule has 46 heavy (non-hydrogen) atoms. The van der Waals surface area contributed by atoms with Crippen molar-refractivity contribution >= 4 is 29.0 Å². The van der Waals surface area contributed by atoms with Gasteiger partial charge in [-0.25, -0.2) is 4.79 Å². The second-order valence-corrected chi connectivity index (χ2v) is 11.9. The minimum absolute atomic E-state index is 0.120. The summed E-state index contributed by atoms with van der Waals surface area (Å²) in [7, 11) is 0. The van der Waals surface area contributed by atoms with Crippen molar-refractivity contribution in [1.29, 1.82) is 0 Å². The molecule has 0 saturated heterocycles. The van der Waals surface area contributed by atoms with Crippen LogP contribution in [0.3, 0.4) is 0 Å². The molecule has 5 rings (SSSR count). The van der Waals surface area contributed by atoms with Crippen molar-refractivity contribution in [1.82, 2.24) is 0 Å². The number of aliphatic carboxylic acids is 1. The van der Waals surface area contributed by atoms with E-state index in [1.807, 2.05) is 65.6 Å². The monoisotopic (exact) mass is 618 g/mol. The molecule has 1 unspecified atom stereocenters. The first-order chi connectivity index (χ1) is 22.5. The van der Waals surface area contributed by atoms with Crippen LogP contribution in [0.15, 0.2) is 109 Å². The van der Waals surface area contributed by atoms with Crippen molar-refractivity contribution in [2.75, 3.05) is 23.4 Å². The molecular weight excluding hydrogens is 576 g/mol. The van der Waals surface area contributed by atoms with Crippen molar-refractivity contribution in [2.45, 2.75) is 57.4 Å². The van der Waals surface area contributed by atoms with E-state index in [2.05, 4.69) is 5.32 Å². The first-order valence-corrected chi connectivity index (χ1v) is 16.2. The molecule has 4 aromatic carbocycles. The summed E-state index contributed by atoms with van der Waals surface area (Å²) < 4.78 is 6.03. The first-order valence-electron chi connectivity index (χ1n) is 16.2. The van der Waals surface area contributed by atoms with Gasteiger partial charge in [-0.1, -0.05) is 105 Å². The fraction of sp³-hybridized carbons (Fsp3) is 0.308. The van der Waals surface area contributed by atoms with E-state index in [4.69, 9.17) is 4.74 Å². The Balaban J connectivity index is 1.17. The maximum Gasteiger partial charge on any atom is 0.326 e. The topological polar surface area (TPSA) is 95.9 Å². The van der Waals surface area contributed by atoms with Gasteiger partial charge in [0.25, 0.3) is 0 Å². The molecule has 0 bridgehead atoms. The summed E-state index contributed by atoms with van der Waals surface area (Å²) in [4.78, 5) is 40.5. The third-order valence-corrected chi connectivity index (χ3v) is 8.64. The number of carbonyl (C=O) groups is 3. The van der Waals surface area contributed by atoms with Gasteiger partial charge in [-0.2, -0.15) is 0 Å². The lowest BCUT2D eigenvalue weighted by Crippen LogP contribution is -2.35. The number of nitrogens with one attached hydrogen (secondary N) is 1. The highest BCUT2D eigenvalue weighted by Crippen LogP contribution is 2.28. The number of carboxylic acid groups (broad SMARTS) is 1. The van der Waals surface area contributed by atoms with Gasteiger partial charge in [0.1, 0.15) is 18.4 Å². The average molecular weight is 619 g/mol. The quantitative estimate of drug-likeness (QED) is 0.132. The minimum atomic E-state index is -1.02. The van der Waals surface area contributed by atoms with Crippen LogP contribution in [-0.2, 0) is 16.0 Å². The number of hydrogen-bond donors (Lipinski definition) is 2.